The van der Waals surface area contributed by atoms with Gasteiger partial charge in [0.25, 0.3) is 0 Å². The highest BCUT2D eigenvalue weighted by atomic mass is 15.3. The summed E-state index contributed by atoms with van der Waals surface area (Å²) in [5, 5.41) is 9.38. The second kappa shape index (κ2) is 5.19. The second-order valence-electron chi connectivity index (χ2n) is 6.42. The summed E-state index contributed by atoms with van der Waals surface area (Å²) in [4.78, 5) is 5.35. The number of hydrogen-bond donors (Lipinski definition) is 0. The Morgan fingerprint density at radius 2 is 1.89 bits per heavy atom. The van der Waals surface area contributed by atoms with Crippen LogP contribution in [-0.4, -0.2) is 47.6 Å². The van der Waals surface area contributed by atoms with E-state index in [4.69, 9.17) is 0 Å². The van der Waals surface area contributed by atoms with Gasteiger partial charge >= 0.3 is 0 Å². The molecule has 0 aromatic rings. The van der Waals surface area contributed by atoms with Gasteiger partial charge in [0.1, 0.15) is 0 Å². The molecule has 3 aliphatic rings. The average molecular weight is 247 g/mol. The molecule has 0 aromatic carbocycles. The highest BCUT2D eigenvalue weighted by Gasteiger charge is 2.40. The molecule has 3 rings (SSSR count). The summed E-state index contributed by atoms with van der Waals surface area (Å²) in [6, 6.07) is 4.54. The summed E-state index contributed by atoms with van der Waals surface area (Å²) in [6.07, 6.45) is 7.69. The maximum absolute atomic E-state index is 9.38. The highest BCUT2D eigenvalue weighted by Crippen LogP contribution is 2.33. The maximum atomic E-state index is 9.38. The smallest absolute Gasteiger partial charge is 0.0672 e. The number of nitrogens with zero attached hydrogens (tertiary/aromatic N) is 3. The van der Waals surface area contributed by atoms with Gasteiger partial charge in [0.05, 0.1) is 12.0 Å². The molecule has 1 aliphatic carbocycles. The molecule has 0 N–H and O–H groups in total. The van der Waals surface area contributed by atoms with Crippen molar-refractivity contribution in [2.75, 3.05) is 19.6 Å². The predicted octanol–water partition coefficient (Wildman–Crippen LogP) is 2.24. The molecular formula is C15H25N3. The summed E-state index contributed by atoms with van der Waals surface area (Å²) < 4.78 is 0. The van der Waals surface area contributed by atoms with Crippen molar-refractivity contribution in [3.63, 3.8) is 0 Å². The van der Waals surface area contributed by atoms with E-state index in [0.717, 1.165) is 12.5 Å². The minimum Gasteiger partial charge on any atom is -0.298 e. The normalized spacial score (nSPS) is 42.4. The van der Waals surface area contributed by atoms with Gasteiger partial charge in [0.2, 0.25) is 0 Å². The minimum absolute atomic E-state index is 0.286. The first-order chi connectivity index (χ1) is 8.79. The van der Waals surface area contributed by atoms with Gasteiger partial charge in [-0.25, -0.2) is 0 Å². The third kappa shape index (κ3) is 2.17. The monoisotopic (exact) mass is 247 g/mol. The molecule has 2 heterocycles. The minimum atomic E-state index is 0.286. The number of hydrogen-bond acceptors (Lipinski definition) is 3. The lowest BCUT2D eigenvalue weighted by molar-refractivity contribution is 0.00447. The van der Waals surface area contributed by atoms with Gasteiger partial charge in [-0.2, -0.15) is 5.26 Å². The Morgan fingerprint density at radius 1 is 1.06 bits per heavy atom. The van der Waals surface area contributed by atoms with Crippen LogP contribution in [0.2, 0.25) is 0 Å². The van der Waals surface area contributed by atoms with Crippen molar-refractivity contribution < 1.29 is 0 Å². The first-order valence-corrected chi connectivity index (χ1v) is 7.69. The molecule has 0 amide bonds. The summed E-state index contributed by atoms with van der Waals surface area (Å²) >= 11 is 0. The van der Waals surface area contributed by atoms with Gasteiger partial charge < -0.3 is 0 Å². The SMILES string of the molecule is CC1CN2CCCC2CN1C1CCCCC1C#N. The number of rotatable bonds is 1. The molecule has 100 valence electrons. The molecule has 18 heavy (non-hydrogen) atoms. The lowest BCUT2D eigenvalue weighted by Gasteiger charge is -2.48. The molecule has 2 aliphatic heterocycles. The Bertz CT molecular complexity index is 335. The molecule has 3 fully saturated rings. The van der Waals surface area contributed by atoms with Gasteiger partial charge in [0.15, 0.2) is 0 Å². The van der Waals surface area contributed by atoms with E-state index in [0.29, 0.717) is 12.1 Å². The second-order valence-corrected chi connectivity index (χ2v) is 6.42. The molecule has 0 aromatic heterocycles. The largest absolute Gasteiger partial charge is 0.298 e. The van der Waals surface area contributed by atoms with Gasteiger partial charge in [-0.15, -0.1) is 0 Å². The average Bonchev–Trinajstić information content (AvgIpc) is 2.84. The van der Waals surface area contributed by atoms with Crippen LogP contribution in [0.4, 0.5) is 0 Å². The number of fused-ring (bicyclic) bond motifs is 1. The number of nitriles is 1. The predicted molar refractivity (Wildman–Crippen MR) is 72.1 cm³/mol. The van der Waals surface area contributed by atoms with Crippen molar-refractivity contribution >= 4 is 0 Å². The summed E-state index contributed by atoms with van der Waals surface area (Å²) in [6.45, 7) is 6.09. The van der Waals surface area contributed by atoms with Crippen LogP contribution in [0.5, 0.6) is 0 Å². The Morgan fingerprint density at radius 3 is 2.72 bits per heavy atom. The van der Waals surface area contributed by atoms with Crippen LogP contribution >= 0.6 is 0 Å². The fraction of sp³-hybridized carbons (Fsp3) is 0.933. The molecule has 4 atom stereocenters. The fourth-order valence-corrected chi connectivity index (χ4v) is 4.33. The molecule has 0 spiro atoms. The molecule has 2 saturated heterocycles. The van der Waals surface area contributed by atoms with Crippen LogP contribution in [0, 0.1) is 17.2 Å². The van der Waals surface area contributed by atoms with Crippen molar-refractivity contribution in [3.05, 3.63) is 0 Å². The molecular weight excluding hydrogens is 222 g/mol. The van der Waals surface area contributed by atoms with E-state index in [9.17, 15) is 5.26 Å². The molecule has 1 saturated carbocycles. The van der Waals surface area contributed by atoms with Gasteiger partial charge in [-0.1, -0.05) is 12.8 Å². The van der Waals surface area contributed by atoms with E-state index in [1.807, 2.05) is 0 Å². The standard InChI is InChI=1S/C15H25N3/c1-12-10-17-8-4-6-14(17)11-18(12)15-7-3-2-5-13(15)9-16/h12-15H,2-8,10-11H2,1H3. The third-order valence-electron chi connectivity index (χ3n) is 5.31. The van der Waals surface area contributed by atoms with E-state index < -0.39 is 0 Å². The zero-order chi connectivity index (χ0) is 12.5. The van der Waals surface area contributed by atoms with Gasteiger partial charge in [0, 0.05) is 31.2 Å². The third-order valence-corrected chi connectivity index (χ3v) is 5.31. The molecule has 0 radical (unpaired) electrons. The van der Waals surface area contributed by atoms with Crippen LogP contribution in [0.3, 0.4) is 0 Å². The summed E-state index contributed by atoms with van der Waals surface area (Å²) in [5.41, 5.74) is 0. The zero-order valence-corrected chi connectivity index (χ0v) is 11.5. The first-order valence-electron chi connectivity index (χ1n) is 7.69. The lowest BCUT2D eigenvalue weighted by atomic mass is 9.83. The molecule has 0 bridgehead atoms. The Hall–Kier alpha value is -0.590. The quantitative estimate of drug-likeness (QED) is 0.712. The van der Waals surface area contributed by atoms with Crippen LogP contribution in [-0.2, 0) is 0 Å². The van der Waals surface area contributed by atoms with Crippen LogP contribution in [0.1, 0.15) is 45.4 Å². The Labute approximate surface area is 111 Å². The zero-order valence-electron chi connectivity index (χ0n) is 11.5. The first kappa shape index (κ1) is 12.4. The van der Waals surface area contributed by atoms with Crippen LogP contribution in [0.15, 0.2) is 0 Å². The Kier molecular flexibility index (Phi) is 3.59. The molecule has 4 unspecified atom stereocenters. The van der Waals surface area contributed by atoms with E-state index >= 15 is 0 Å². The van der Waals surface area contributed by atoms with Crippen LogP contribution < -0.4 is 0 Å². The lowest BCUT2D eigenvalue weighted by Crippen LogP contribution is -2.59. The van der Waals surface area contributed by atoms with E-state index in [2.05, 4.69) is 22.8 Å². The summed E-state index contributed by atoms with van der Waals surface area (Å²) in [7, 11) is 0. The fourth-order valence-electron chi connectivity index (χ4n) is 4.33. The Balaban J connectivity index is 1.72. The number of piperazine rings is 1. The summed E-state index contributed by atoms with van der Waals surface area (Å²) in [5.74, 6) is 0.286. The van der Waals surface area contributed by atoms with E-state index in [-0.39, 0.29) is 5.92 Å². The van der Waals surface area contributed by atoms with E-state index in [1.54, 1.807) is 0 Å². The van der Waals surface area contributed by atoms with Crippen molar-refractivity contribution in [2.45, 2.75) is 63.6 Å². The highest BCUT2D eigenvalue weighted by molar-refractivity contribution is 5.00. The van der Waals surface area contributed by atoms with Crippen molar-refractivity contribution in [2.24, 2.45) is 5.92 Å². The van der Waals surface area contributed by atoms with Crippen molar-refractivity contribution in [1.82, 2.24) is 9.80 Å². The van der Waals surface area contributed by atoms with Crippen molar-refractivity contribution in [1.29, 1.82) is 5.26 Å². The topological polar surface area (TPSA) is 30.3 Å². The van der Waals surface area contributed by atoms with Crippen LogP contribution in [0.25, 0.3) is 0 Å². The maximum Gasteiger partial charge on any atom is 0.0672 e. The van der Waals surface area contributed by atoms with E-state index in [1.165, 1.54) is 51.7 Å². The van der Waals surface area contributed by atoms with Gasteiger partial charge in [-0.3, -0.25) is 9.80 Å². The molecule has 3 heteroatoms. The van der Waals surface area contributed by atoms with Crippen molar-refractivity contribution in [3.8, 4) is 6.07 Å². The molecule has 3 nitrogen and oxygen atoms in total. The van der Waals surface area contributed by atoms with Gasteiger partial charge in [-0.05, 0) is 39.2 Å².